The van der Waals surface area contributed by atoms with Crippen LogP contribution in [0, 0.1) is 0 Å². The molecule has 0 saturated carbocycles. The second-order valence-electron chi connectivity index (χ2n) is 12.9. The van der Waals surface area contributed by atoms with E-state index in [1.165, 1.54) is 0 Å². The highest BCUT2D eigenvalue weighted by Crippen LogP contribution is 2.48. The van der Waals surface area contributed by atoms with Crippen molar-refractivity contribution < 1.29 is 16.8 Å². The summed E-state index contributed by atoms with van der Waals surface area (Å²) in [5.74, 6) is 0. The van der Waals surface area contributed by atoms with Crippen LogP contribution in [0.1, 0.15) is 12.3 Å². The van der Waals surface area contributed by atoms with Gasteiger partial charge in [-0.2, -0.15) is 0 Å². The zero-order valence-electron chi connectivity index (χ0n) is 36.0. The van der Waals surface area contributed by atoms with Crippen molar-refractivity contribution in [2.24, 2.45) is 0 Å². The van der Waals surface area contributed by atoms with Crippen molar-refractivity contribution >= 4 is 75.8 Å². The van der Waals surface area contributed by atoms with Crippen LogP contribution >= 0.6 is 0 Å². The predicted molar refractivity (Wildman–Crippen MR) is 218 cm³/mol. The fourth-order valence-electron chi connectivity index (χ4n) is 7.95. The van der Waals surface area contributed by atoms with E-state index in [1.807, 2.05) is 54.6 Å². The van der Waals surface area contributed by atoms with Crippen molar-refractivity contribution in [3.8, 4) is 33.4 Å². The van der Waals surface area contributed by atoms with Gasteiger partial charge in [-0.15, -0.1) is 0 Å². The van der Waals surface area contributed by atoms with Crippen LogP contribution in [0.15, 0.2) is 186 Å². The molecule has 11 aromatic rings. The summed E-state index contributed by atoms with van der Waals surface area (Å²) in [5.41, 5.74) is 4.60. The number of fused-ring (bicyclic) bond motifs is 8. The molecule has 0 N–H and O–H groups in total. The van der Waals surface area contributed by atoms with Crippen LogP contribution in [0.4, 0.5) is 0 Å². The zero-order chi connectivity index (χ0) is 41.3. The van der Waals surface area contributed by atoms with Gasteiger partial charge in [0.25, 0.3) is 0 Å². The van der Waals surface area contributed by atoms with Gasteiger partial charge in [0.1, 0.15) is 11.2 Å². The first-order chi connectivity index (χ1) is 29.1. The summed E-state index contributed by atoms with van der Waals surface area (Å²) in [6, 6.07) is 39.7. The van der Waals surface area contributed by atoms with Crippen LogP contribution in [0.5, 0.6) is 0 Å². The van der Waals surface area contributed by atoms with E-state index in [2.05, 4.69) is 72.8 Å². The first kappa shape index (κ1) is 20.7. The molecule has 1 heteroatoms. The third kappa shape index (κ3) is 4.22. The van der Waals surface area contributed by atoms with Crippen molar-refractivity contribution in [1.82, 2.24) is 0 Å². The molecule has 236 valence electrons. The molecule has 0 aliphatic heterocycles. The molecule has 0 unspecified atom stereocenters. The van der Waals surface area contributed by atoms with Gasteiger partial charge >= 0.3 is 0 Å². The van der Waals surface area contributed by atoms with E-state index in [0.717, 1.165) is 65.3 Å². The molecule has 0 amide bonds. The van der Waals surface area contributed by atoms with Gasteiger partial charge in [0.05, 0.1) is 12.3 Å². The lowest BCUT2D eigenvalue weighted by Gasteiger charge is -2.20. The lowest BCUT2D eigenvalue weighted by atomic mass is 9.83. The van der Waals surface area contributed by atoms with E-state index in [0.29, 0.717) is 5.56 Å². The monoisotopic (exact) mass is 655 g/mol. The maximum absolute atomic E-state index is 9.51. The molecule has 0 radical (unpaired) electrons. The van der Waals surface area contributed by atoms with Gasteiger partial charge in [-0.1, -0.05) is 158 Å². The van der Waals surface area contributed by atoms with Gasteiger partial charge in [-0.05, 0) is 111 Å². The second kappa shape index (κ2) is 10.9. The average Bonchev–Trinajstić information content (AvgIpc) is 3.68. The molecule has 0 bridgehead atoms. The van der Waals surface area contributed by atoms with E-state index in [1.54, 1.807) is 0 Å². The lowest BCUT2D eigenvalue weighted by molar-refractivity contribution is 0.669. The van der Waals surface area contributed by atoms with E-state index in [9.17, 15) is 4.11 Å². The second-order valence-corrected chi connectivity index (χ2v) is 12.9. The van der Waals surface area contributed by atoms with Gasteiger partial charge < -0.3 is 4.42 Å². The van der Waals surface area contributed by atoms with E-state index < -0.39 is 30.2 Å². The topological polar surface area (TPSA) is 13.1 Å². The van der Waals surface area contributed by atoms with Crippen molar-refractivity contribution in [2.75, 3.05) is 0 Å². The van der Waals surface area contributed by atoms with Gasteiger partial charge in [0, 0.05) is 10.8 Å². The van der Waals surface area contributed by atoms with Gasteiger partial charge in [-0.3, -0.25) is 0 Å². The highest BCUT2D eigenvalue weighted by molar-refractivity contribution is 6.26. The Labute approximate surface area is 307 Å². The molecule has 51 heavy (non-hydrogen) atoms. The van der Waals surface area contributed by atoms with Crippen LogP contribution in [0.25, 0.3) is 109 Å². The minimum absolute atomic E-state index is 0.0506. The summed E-state index contributed by atoms with van der Waals surface area (Å²) in [7, 11) is 0. The van der Waals surface area contributed by atoms with E-state index in [4.69, 9.17) is 12.6 Å². The van der Waals surface area contributed by atoms with Crippen LogP contribution < -0.4 is 0 Å². The average molecular weight is 656 g/mol. The molecule has 1 nitrogen and oxygen atoms in total. The lowest BCUT2D eigenvalue weighted by Crippen LogP contribution is -1.93. The maximum atomic E-state index is 9.51. The van der Waals surface area contributed by atoms with Crippen molar-refractivity contribution in [3.05, 3.63) is 182 Å². The fraction of sp³-hybridized carbons (Fsp3) is 0. The Morgan fingerprint density at radius 3 is 1.75 bits per heavy atom. The Balaban J connectivity index is 1.29. The molecule has 11 rings (SSSR count). The standard InChI is InChI=1S/C50H30O/c1-2-13-33-28-36(27-26-31(33)12-1)48-37-18-5-7-20-40(37)49(41-21-8-6-19-38(41)48)43-24-10-17-32-16-9-22-39(47(32)43)42-23-11-25-45-50(42)44-29-34-14-3-4-15-35(34)30-46(44)51-45/h1-30H/i3D,4D,11D,14D,15D,23D,25D,29D,30D. The molecule has 10 aromatic carbocycles. The molecule has 0 saturated heterocycles. The molecule has 0 aliphatic carbocycles. The molecule has 0 spiro atoms. The Bertz CT molecular complexity index is 3660. The number of hydrogen-bond acceptors (Lipinski definition) is 1. The van der Waals surface area contributed by atoms with Gasteiger partial charge in [-0.25, -0.2) is 0 Å². The van der Waals surface area contributed by atoms with Crippen LogP contribution in [-0.4, -0.2) is 0 Å². The quantitative estimate of drug-likeness (QED) is 0.173. The minimum atomic E-state index is -0.534. The summed E-state index contributed by atoms with van der Waals surface area (Å²) in [4.78, 5) is 0. The number of benzene rings is 10. The number of furan rings is 1. The van der Waals surface area contributed by atoms with Crippen LogP contribution in [-0.2, 0) is 0 Å². The molecule has 0 aliphatic rings. The third-order valence-electron chi connectivity index (χ3n) is 10.1. The van der Waals surface area contributed by atoms with E-state index in [-0.39, 0.29) is 62.4 Å². The third-order valence-corrected chi connectivity index (χ3v) is 10.1. The SMILES string of the molecule is [2H]c1c([2H])c(-c2cccc3cccc(-c4c5ccccc5c(-c5ccc6ccccc6c5)c5ccccc45)c23)c2c(oc3c([2H])c4c([2H])c([2H])c([2H])c([2H])c4c([2H])c32)c1[2H]. The summed E-state index contributed by atoms with van der Waals surface area (Å²) < 4.78 is 86.5. The zero-order valence-corrected chi connectivity index (χ0v) is 27.0. The van der Waals surface area contributed by atoms with E-state index >= 15 is 0 Å². The summed E-state index contributed by atoms with van der Waals surface area (Å²) >= 11 is 0. The largest absolute Gasteiger partial charge is 0.456 e. The Morgan fingerprint density at radius 1 is 0.373 bits per heavy atom. The molecule has 0 atom stereocenters. The Kier molecular flexibility index (Phi) is 4.43. The predicted octanol–water partition coefficient (Wildman–Crippen LogP) is 14.4. The fourth-order valence-corrected chi connectivity index (χ4v) is 7.95. The maximum Gasteiger partial charge on any atom is 0.136 e. The smallest absolute Gasteiger partial charge is 0.136 e. The molecule has 1 heterocycles. The first-order valence-electron chi connectivity index (χ1n) is 21.4. The highest BCUT2D eigenvalue weighted by atomic mass is 16.3. The van der Waals surface area contributed by atoms with Crippen LogP contribution in [0.2, 0.25) is 0 Å². The van der Waals surface area contributed by atoms with Crippen molar-refractivity contribution in [2.45, 2.75) is 0 Å². The summed E-state index contributed by atoms with van der Waals surface area (Å²) in [6.07, 6.45) is 0. The Morgan fingerprint density at radius 2 is 1.00 bits per heavy atom. The number of hydrogen-bond donors (Lipinski definition) is 0. The highest BCUT2D eigenvalue weighted by Gasteiger charge is 2.21. The minimum Gasteiger partial charge on any atom is -0.456 e. The van der Waals surface area contributed by atoms with Gasteiger partial charge in [0.2, 0.25) is 0 Å². The summed E-state index contributed by atoms with van der Waals surface area (Å²) in [5, 5.41) is 7.99. The normalized spacial score (nSPS) is 14.4. The Hall–Kier alpha value is -6.70. The first-order valence-corrected chi connectivity index (χ1v) is 16.9. The van der Waals surface area contributed by atoms with Crippen molar-refractivity contribution in [3.63, 3.8) is 0 Å². The molecule has 1 aromatic heterocycles. The van der Waals surface area contributed by atoms with Gasteiger partial charge in [0.15, 0.2) is 0 Å². The van der Waals surface area contributed by atoms with Crippen molar-refractivity contribution in [1.29, 1.82) is 0 Å². The molecular formula is C50H30O. The summed E-state index contributed by atoms with van der Waals surface area (Å²) in [6.45, 7) is 0. The van der Waals surface area contributed by atoms with Crippen LogP contribution in [0.3, 0.4) is 0 Å². The number of rotatable bonds is 3. The molecular weight excluding hydrogens is 617 g/mol. The molecule has 0 fully saturated rings.